The summed E-state index contributed by atoms with van der Waals surface area (Å²) in [7, 11) is 0. The molecule has 1 aliphatic rings. The number of ether oxygens (including phenoxy) is 1. The molecule has 3 rings (SSSR count). The fourth-order valence-corrected chi connectivity index (χ4v) is 2.68. The van der Waals surface area contributed by atoms with E-state index in [9.17, 15) is 0 Å². The van der Waals surface area contributed by atoms with E-state index in [4.69, 9.17) is 9.15 Å². The fraction of sp³-hybridized carbons (Fsp3) is 0.471. The van der Waals surface area contributed by atoms with Gasteiger partial charge in [-0.1, -0.05) is 34.6 Å². The Morgan fingerprint density at radius 2 is 1.95 bits per heavy atom. The van der Waals surface area contributed by atoms with Crippen molar-refractivity contribution in [3.63, 3.8) is 0 Å². The van der Waals surface area contributed by atoms with Crippen LogP contribution in [0.5, 0.6) is 5.75 Å². The molecule has 1 aromatic heterocycles. The van der Waals surface area contributed by atoms with Crippen LogP contribution < -0.4 is 4.74 Å². The van der Waals surface area contributed by atoms with Crippen LogP contribution in [0, 0.1) is 0 Å². The van der Waals surface area contributed by atoms with Crippen molar-refractivity contribution in [2.75, 3.05) is 6.61 Å². The third-order valence-corrected chi connectivity index (χ3v) is 3.93. The van der Waals surface area contributed by atoms with Gasteiger partial charge in [0, 0.05) is 22.1 Å². The largest absolute Gasteiger partial charge is 0.492 e. The Kier molecular flexibility index (Phi) is 2.72. The molecule has 0 N–H and O–H groups in total. The van der Waals surface area contributed by atoms with Crippen LogP contribution in [0.1, 0.15) is 45.7 Å². The molecule has 0 amide bonds. The molecule has 0 unspecified atom stereocenters. The second kappa shape index (κ2) is 4.11. The molecule has 0 spiro atoms. The van der Waals surface area contributed by atoms with Crippen LogP contribution in [-0.2, 0) is 10.8 Å². The second-order valence-electron chi connectivity index (χ2n) is 7.20. The van der Waals surface area contributed by atoms with E-state index in [0.717, 1.165) is 23.6 Å². The minimum Gasteiger partial charge on any atom is -0.492 e. The Morgan fingerprint density at radius 3 is 2.55 bits per heavy atom. The minimum absolute atomic E-state index is 0.0320. The first-order valence-electron chi connectivity index (χ1n) is 6.99. The van der Waals surface area contributed by atoms with E-state index in [1.807, 2.05) is 0 Å². The fourth-order valence-electron chi connectivity index (χ4n) is 2.68. The van der Waals surface area contributed by atoms with Gasteiger partial charge < -0.3 is 9.15 Å². The molecular formula is C17H21NO2. The third kappa shape index (κ3) is 2.01. The van der Waals surface area contributed by atoms with Crippen LogP contribution in [0.15, 0.2) is 29.2 Å². The predicted octanol–water partition coefficient (Wildman–Crippen LogP) is 4.31. The molecule has 3 heteroatoms. The Bertz CT molecular complexity index is 634. The predicted molar refractivity (Wildman–Crippen MR) is 79.2 cm³/mol. The first-order chi connectivity index (χ1) is 9.29. The number of hydrogen-bond donors (Lipinski definition) is 0. The van der Waals surface area contributed by atoms with Crippen LogP contribution in [-0.4, -0.2) is 11.6 Å². The normalized spacial score (nSPS) is 16.9. The van der Waals surface area contributed by atoms with Crippen LogP contribution in [0.2, 0.25) is 0 Å². The molecule has 2 aromatic rings. The first-order valence-corrected chi connectivity index (χ1v) is 6.99. The summed E-state index contributed by atoms with van der Waals surface area (Å²) in [5, 5.41) is 0. The average molecular weight is 271 g/mol. The van der Waals surface area contributed by atoms with E-state index < -0.39 is 0 Å². The van der Waals surface area contributed by atoms with Crippen LogP contribution in [0.25, 0.3) is 11.3 Å². The maximum absolute atomic E-state index is 6.00. The van der Waals surface area contributed by atoms with Crippen molar-refractivity contribution >= 4 is 0 Å². The Labute approximate surface area is 120 Å². The van der Waals surface area contributed by atoms with Gasteiger partial charge in [0.25, 0.3) is 0 Å². The van der Waals surface area contributed by atoms with Crippen molar-refractivity contribution < 1.29 is 9.15 Å². The van der Waals surface area contributed by atoms with Gasteiger partial charge >= 0.3 is 0 Å². The zero-order chi connectivity index (χ0) is 14.5. The summed E-state index contributed by atoms with van der Waals surface area (Å²) in [5.41, 5.74) is 4.54. The van der Waals surface area contributed by atoms with Crippen molar-refractivity contribution in [3.05, 3.63) is 35.9 Å². The molecule has 1 aromatic carbocycles. The molecule has 1 aliphatic heterocycles. The van der Waals surface area contributed by atoms with Crippen molar-refractivity contribution in [2.24, 2.45) is 0 Å². The summed E-state index contributed by atoms with van der Waals surface area (Å²) in [6.45, 7) is 11.8. The zero-order valence-corrected chi connectivity index (χ0v) is 12.8. The molecule has 0 fully saturated rings. The SMILES string of the molecule is CC(C)(C)c1cc(-c2cocn2)cc2c1OCC2(C)C. The first kappa shape index (κ1) is 13.2. The highest BCUT2D eigenvalue weighted by molar-refractivity contribution is 5.66. The van der Waals surface area contributed by atoms with Gasteiger partial charge in [-0.25, -0.2) is 4.98 Å². The van der Waals surface area contributed by atoms with Crippen molar-refractivity contribution in [2.45, 2.75) is 45.4 Å². The summed E-state index contributed by atoms with van der Waals surface area (Å²) in [4.78, 5) is 4.28. The highest BCUT2D eigenvalue weighted by Gasteiger charge is 2.36. The molecule has 0 aliphatic carbocycles. The third-order valence-electron chi connectivity index (χ3n) is 3.93. The van der Waals surface area contributed by atoms with Gasteiger partial charge in [0.2, 0.25) is 0 Å². The summed E-state index contributed by atoms with van der Waals surface area (Å²) in [6.07, 6.45) is 3.16. The molecule has 2 heterocycles. The summed E-state index contributed by atoms with van der Waals surface area (Å²) in [5.74, 6) is 1.05. The van der Waals surface area contributed by atoms with Gasteiger partial charge in [0.1, 0.15) is 17.7 Å². The molecule has 0 radical (unpaired) electrons. The van der Waals surface area contributed by atoms with E-state index >= 15 is 0 Å². The molecule has 106 valence electrons. The smallest absolute Gasteiger partial charge is 0.181 e. The number of benzene rings is 1. The molecule has 0 bridgehead atoms. The van der Waals surface area contributed by atoms with Crippen molar-refractivity contribution in [3.8, 4) is 17.0 Å². The summed E-state index contributed by atoms with van der Waals surface area (Å²) >= 11 is 0. The van der Waals surface area contributed by atoms with E-state index in [1.165, 1.54) is 17.5 Å². The molecule has 0 saturated heterocycles. The van der Waals surface area contributed by atoms with E-state index in [-0.39, 0.29) is 10.8 Å². The van der Waals surface area contributed by atoms with Gasteiger partial charge in [-0.15, -0.1) is 0 Å². The summed E-state index contributed by atoms with van der Waals surface area (Å²) in [6, 6.07) is 4.37. The zero-order valence-electron chi connectivity index (χ0n) is 12.8. The van der Waals surface area contributed by atoms with Gasteiger partial charge in [0.05, 0.1) is 6.61 Å². The molecule has 0 saturated carbocycles. The van der Waals surface area contributed by atoms with Crippen molar-refractivity contribution in [1.29, 1.82) is 0 Å². The Hall–Kier alpha value is -1.77. The highest BCUT2D eigenvalue weighted by Crippen LogP contribution is 2.46. The molecule has 20 heavy (non-hydrogen) atoms. The van der Waals surface area contributed by atoms with E-state index in [1.54, 1.807) is 6.26 Å². The maximum Gasteiger partial charge on any atom is 0.181 e. The number of rotatable bonds is 1. The van der Waals surface area contributed by atoms with Crippen molar-refractivity contribution in [1.82, 2.24) is 4.98 Å². The highest BCUT2D eigenvalue weighted by atomic mass is 16.5. The number of hydrogen-bond acceptors (Lipinski definition) is 3. The maximum atomic E-state index is 6.00. The number of aromatic nitrogens is 1. The lowest BCUT2D eigenvalue weighted by atomic mass is 9.79. The standard InChI is InChI=1S/C17H21NO2/c1-16(2,3)12-6-11(14-8-19-10-18-14)7-13-15(12)20-9-17(13,4)5/h6-8,10H,9H2,1-5H3. The number of fused-ring (bicyclic) bond motifs is 1. The quantitative estimate of drug-likeness (QED) is 0.775. The Morgan fingerprint density at radius 1 is 1.20 bits per heavy atom. The van der Waals surface area contributed by atoms with Crippen LogP contribution >= 0.6 is 0 Å². The molecular weight excluding hydrogens is 250 g/mol. The van der Waals surface area contributed by atoms with Gasteiger partial charge in [-0.3, -0.25) is 0 Å². The lowest BCUT2D eigenvalue weighted by molar-refractivity contribution is 0.286. The van der Waals surface area contributed by atoms with Crippen LogP contribution in [0.3, 0.4) is 0 Å². The Balaban J connectivity index is 2.26. The van der Waals surface area contributed by atoms with Crippen LogP contribution in [0.4, 0.5) is 0 Å². The van der Waals surface area contributed by atoms with E-state index in [2.05, 4.69) is 51.7 Å². The topological polar surface area (TPSA) is 35.3 Å². The minimum atomic E-state index is 0.0320. The van der Waals surface area contributed by atoms with Gasteiger partial charge in [-0.05, 0) is 17.5 Å². The van der Waals surface area contributed by atoms with Gasteiger partial charge in [-0.2, -0.15) is 0 Å². The monoisotopic (exact) mass is 271 g/mol. The number of nitrogens with zero attached hydrogens (tertiary/aromatic N) is 1. The lowest BCUT2D eigenvalue weighted by Crippen LogP contribution is -2.18. The second-order valence-corrected chi connectivity index (χ2v) is 7.20. The average Bonchev–Trinajstić information content (AvgIpc) is 2.96. The van der Waals surface area contributed by atoms with E-state index in [0.29, 0.717) is 0 Å². The van der Waals surface area contributed by atoms with Gasteiger partial charge in [0.15, 0.2) is 6.39 Å². The molecule has 3 nitrogen and oxygen atoms in total. The lowest BCUT2D eigenvalue weighted by Gasteiger charge is -2.23. The number of oxazole rings is 1. The summed E-state index contributed by atoms with van der Waals surface area (Å²) < 4.78 is 11.1. The molecule has 0 atom stereocenters.